The topological polar surface area (TPSA) is 71.8 Å². The van der Waals surface area contributed by atoms with Gasteiger partial charge < -0.3 is 10.6 Å². The van der Waals surface area contributed by atoms with E-state index in [2.05, 4.69) is 20.7 Å². The lowest BCUT2D eigenvalue weighted by Gasteiger charge is -2.13. The Morgan fingerprint density at radius 1 is 1.27 bits per heavy atom. The molecule has 0 aliphatic heterocycles. The Bertz CT molecular complexity index is 653. The number of amides is 1. The number of nitrogens with one attached hydrogen (secondary N) is 2. The van der Waals surface area contributed by atoms with Crippen LogP contribution in [0.3, 0.4) is 0 Å². The van der Waals surface area contributed by atoms with Crippen molar-refractivity contribution in [3.63, 3.8) is 0 Å². The van der Waals surface area contributed by atoms with Crippen molar-refractivity contribution in [3.05, 3.63) is 41.9 Å². The van der Waals surface area contributed by atoms with E-state index in [4.69, 9.17) is 0 Å². The number of carbonyl (C=O) groups is 1. The summed E-state index contributed by atoms with van der Waals surface area (Å²) in [4.78, 5) is 15.4. The van der Waals surface area contributed by atoms with E-state index in [1.165, 1.54) is 23.1 Å². The van der Waals surface area contributed by atoms with Gasteiger partial charge in [-0.3, -0.25) is 9.48 Å². The molecule has 0 aromatic carbocycles. The van der Waals surface area contributed by atoms with Crippen LogP contribution in [0.4, 0.5) is 19.0 Å². The van der Waals surface area contributed by atoms with Gasteiger partial charge >= 0.3 is 6.18 Å². The van der Waals surface area contributed by atoms with E-state index in [1.807, 2.05) is 0 Å². The molecule has 118 valence electrons. The number of rotatable bonds is 5. The number of aryl methyl sites for hydroxylation is 1. The number of aromatic nitrogens is 3. The molecule has 0 spiro atoms. The maximum absolute atomic E-state index is 12.8. The number of hydrogen-bond acceptors (Lipinski definition) is 4. The highest BCUT2D eigenvalue weighted by molar-refractivity contribution is 5.92. The van der Waals surface area contributed by atoms with Gasteiger partial charge in [0.2, 0.25) is 0 Å². The van der Waals surface area contributed by atoms with Crippen molar-refractivity contribution >= 4 is 11.7 Å². The van der Waals surface area contributed by atoms with Crippen molar-refractivity contribution in [1.82, 2.24) is 20.1 Å². The van der Waals surface area contributed by atoms with E-state index in [1.54, 1.807) is 13.1 Å². The SMILES string of the molecule is Cn1nccc1C(=O)NCCNc1ncccc1C(F)(F)F. The molecule has 2 N–H and O–H groups in total. The number of anilines is 1. The second-order valence-electron chi connectivity index (χ2n) is 4.42. The fourth-order valence-electron chi connectivity index (χ4n) is 1.82. The molecule has 0 aliphatic carbocycles. The van der Waals surface area contributed by atoms with Crippen LogP contribution in [0.2, 0.25) is 0 Å². The molecule has 2 aromatic rings. The van der Waals surface area contributed by atoms with Crippen LogP contribution >= 0.6 is 0 Å². The van der Waals surface area contributed by atoms with Gasteiger partial charge in [0.15, 0.2) is 0 Å². The molecule has 9 heteroatoms. The number of alkyl halides is 3. The van der Waals surface area contributed by atoms with Crippen LogP contribution in [0.5, 0.6) is 0 Å². The fraction of sp³-hybridized carbons (Fsp3) is 0.308. The summed E-state index contributed by atoms with van der Waals surface area (Å²) in [6, 6.07) is 3.71. The third kappa shape index (κ3) is 3.74. The number of halogens is 3. The minimum atomic E-state index is -4.48. The van der Waals surface area contributed by atoms with Crippen LogP contribution in [0.15, 0.2) is 30.6 Å². The van der Waals surface area contributed by atoms with Crippen LogP contribution in [-0.2, 0) is 13.2 Å². The minimum Gasteiger partial charge on any atom is -0.368 e. The van der Waals surface area contributed by atoms with Crippen molar-refractivity contribution in [2.45, 2.75) is 6.18 Å². The molecule has 2 aromatic heterocycles. The Kier molecular flexibility index (Phi) is 4.64. The number of hydrogen-bond donors (Lipinski definition) is 2. The second-order valence-corrected chi connectivity index (χ2v) is 4.42. The summed E-state index contributed by atoms with van der Waals surface area (Å²) in [6.45, 7) is 0.265. The van der Waals surface area contributed by atoms with Gasteiger partial charge in [-0.2, -0.15) is 18.3 Å². The molecule has 0 radical (unpaired) electrons. The highest BCUT2D eigenvalue weighted by atomic mass is 19.4. The minimum absolute atomic E-state index is 0.115. The smallest absolute Gasteiger partial charge is 0.368 e. The number of carbonyl (C=O) groups excluding carboxylic acids is 1. The molecule has 0 fully saturated rings. The summed E-state index contributed by atoms with van der Waals surface area (Å²) < 4.78 is 39.7. The number of pyridine rings is 1. The molecule has 0 saturated heterocycles. The molecule has 0 saturated carbocycles. The molecule has 0 aliphatic rings. The van der Waals surface area contributed by atoms with E-state index < -0.39 is 11.7 Å². The van der Waals surface area contributed by atoms with E-state index in [-0.39, 0.29) is 24.8 Å². The number of nitrogens with zero attached hydrogens (tertiary/aromatic N) is 3. The largest absolute Gasteiger partial charge is 0.419 e. The molecule has 0 atom stereocenters. The first-order valence-corrected chi connectivity index (χ1v) is 6.42. The van der Waals surface area contributed by atoms with Crippen LogP contribution in [-0.4, -0.2) is 33.8 Å². The summed E-state index contributed by atoms with van der Waals surface area (Å²) in [5.74, 6) is -0.608. The quantitative estimate of drug-likeness (QED) is 0.824. The van der Waals surface area contributed by atoms with Crippen molar-refractivity contribution in [3.8, 4) is 0 Å². The Balaban J connectivity index is 1.88. The molecule has 22 heavy (non-hydrogen) atoms. The van der Waals surface area contributed by atoms with Crippen LogP contribution in [0.25, 0.3) is 0 Å². The summed E-state index contributed by atoms with van der Waals surface area (Å²) in [5.41, 5.74) is -0.471. The zero-order valence-corrected chi connectivity index (χ0v) is 11.7. The van der Waals surface area contributed by atoms with Crippen LogP contribution in [0, 0.1) is 0 Å². The third-order valence-electron chi connectivity index (χ3n) is 2.87. The van der Waals surface area contributed by atoms with Gasteiger partial charge in [0.1, 0.15) is 11.5 Å². The second kappa shape index (κ2) is 6.46. The summed E-state index contributed by atoms with van der Waals surface area (Å²) >= 11 is 0. The molecule has 6 nitrogen and oxygen atoms in total. The lowest BCUT2D eigenvalue weighted by atomic mass is 10.2. The van der Waals surface area contributed by atoms with Crippen molar-refractivity contribution in [2.24, 2.45) is 7.05 Å². The lowest BCUT2D eigenvalue weighted by molar-refractivity contribution is -0.137. The van der Waals surface area contributed by atoms with Crippen LogP contribution < -0.4 is 10.6 Å². The monoisotopic (exact) mass is 313 g/mol. The molecule has 2 rings (SSSR count). The molecular weight excluding hydrogens is 299 g/mol. The summed E-state index contributed by atoms with van der Waals surface area (Å²) in [6.07, 6.45) is -1.73. The zero-order valence-electron chi connectivity index (χ0n) is 11.7. The van der Waals surface area contributed by atoms with Gasteiger partial charge in [0.25, 0.3) is 5.91 Å². The molecular formula is C13H14F3N5O. The Morgan fingerprint density at radius 3 is 2.68 bits per heavy atom. The predicted octanol–water partition coefficient (Wildman–Crippen LogP) is 1.68. The maximum Gasteiger partial charge on any atom is 0.419 e. The summed E-state index contributed by atoms with van der Waals surface area (Å²) in [5, 5.41) is 9.01. The molecule has 0 bridgehead atoms. The molecule has 0 unspecified atom stereocenters. The Hall–Kier alpha value is -2.58. The normalized spacial score (nSPS) is 11.3. The standard InChI is InChI=1S/C13H14F3N5O/c1-21-10(4-6-20-21)12(22)19-8-7-18-11-9(13(14,15)16)3-2-5-17-11/h2-6H,7-8H2,1H3,(H,17,18)(H,19,22). The van der Waals surface area contributed by atoms with Gasteiger partial charge in [-0.25, -0.2) is 4.98 Å². The maximum atomic E-state index is 12.8. The first-order valence-electron chi connectivity index (χ1n) is 6.42. The first-order chi connectivity index (χ1) is 10.4. The highest BCUT2D eigenvalue weighted by Gasteiger charge is 2.33. The van der Waals surface area contributed by atoms with Gasteiger partial charge in [0.05, 0.1) is 5.56 Å². The van der Waals surface area contributed by atoms with E-state index in [0.717, 1.165) is 6.07 Å². The van der Waals surface area contributed by atoms with E-state index in [0.29, 0.717) is 5.69 Å². The van der Waals surface area contributed by atoms with E-state index >= 15 is 0 Å². The molecule has 1 amide bonds. The van der Waals surface area contributed by atoms with Crippen LogP contribution in [0.1, 0.15) is 16.1 Å². The van der Waals surface area contributed by atoms with Crippen molar-refractivity contribution in [2.75, 3.05) is 18.4 Å². The van der Waals surface area contributed by atoms with E-state index in [9.17, 15) is 18.0 Å². The van der Waals surface area contributed by atoms with Gasteiger partial charge in [-0.05, 0) is 18.2 Å². The highest BCUT2D eigenvalue weighted by Crippen LogP contribution is 2.33. The van der Waals surface area contributed by atoms with Gasteiger partial charge in [-0.1, -0.05) is 0 Å². The van der Waals surface area contributed by atoms with Crippen molar-refractivity contribution in [1.29, 1.82) is 0 Å². The average molecular weight is 313 g/mol. The van der Waals surface area contributed by atoms with Gasteiger partial charge in [-0.15, -0.1) is 0 Å². The van der Waals surface area contributed by atoms with Crippen molar-refractivity contribution < 1.29 is 18.0 Å². The summed E-state index contributed by atoms with van der Waals surface area (Å²) in [7, 11) is 1.62. The Labute approximate surface area is 124 Å². The van der Waals surface area contributed by atoms with Gasteiger partial charge in [0, 0.05) is 32.5 Å². The molecule has 2 heterocycles. The average Bonchev–Trinajstić information content (AvgIpc) is 2.89. The third-order valence-corrected chi connectivity index (χ3v) is 2.87. The predicted molar refractivity (Wildman–Crippen MR) is 73.3 cm³/mol. The first kappa shape index (κ1) is 15.8. The zero-order chi connectivity index (χ0) is 16.2. The Morgan fingerprint density at radius 2 is 2.05 bits per heavy atom. The lowest BCUT2D eigenvalue weighted by Crippen LogP contribution is -2.30. The fourth-order valence-corrected chi connectivity index (χ4v) is 1.82.